The maximum absolute atomic E-state index is 12.5. The van der Waals surface area contributed by atoms with Crippen LogP contribution in [0.15, 0.2) is 35.1 Å². The van der Waals surface area contributed by atoms with Crippen LogP contribution in [0.25, 0.3) is 15.5 Å². The lowest BCUT2D eigenvalue weighted by atomic mass is 10.2. The van der Waals surface area contributed by atoms with Crippen LogP contribution < -0.4 is 26.8 Å². The van der Waals surface area contributed by atoms with Gasteiger partial charge in [-0.15, -0.1) is 0 Å². The number of anilines is 2. The number of fused-ring (bicyclic) bond motifs is 1. The van der Waals surface area contributed by atoms with Crippen molar-refractivity contribution < 1.29 is 4.79 Å². The maximum Gasteiger partial charge on any atom is 0.277 e. The van der Waals surface area contributed by atoms with E-state index in [0.29, 0.717) is 21.5 Å². The van der Waals surface area contributed by atoms with Gasteiger partial charge in [-0.3, -0.25) is 9.59 Å². The van der Waals surface area contributed by atoms with Crippen LogP contribution in [-0.2, 0) is 4.79 Å². The van der Waals surface area contributed by atoms with Crippen molar-refractivity contribution in [2.75, 3.05) is 36.4 Å². The zero-order valence-corrected chi connectivity index (χ0v) is 16.2. The van der Waals surface area contributed by atoms with Gasteiger partial charge in [0.05, 0.1) is 6.04 Å². The Bertz CT molecular complexity index is 1070. The topological polar surface area (TPSA) is 118 Å². The summed E-state index contributed by atoms with van der Waals surface area (Å²) < 4.78 is 1.32. The third kappa shape index (κ3) is 3.75. The van der Waals surface area contributed by atoms with E-state index >= 15 is 0 Å². The average molecular weight is 399 g/mol. The number of piperazine rings is 1. The van der Waals surface area contributed by atoms with Gasteiger partial charge in [0.15, 0.2) is 0 Å². The van der Waals surface area contributed by atoms with Crippen LogP contribution in [0.3, 0.4) is 0 Å². The molecule has 9 nitrogen and oxygen atoms in total. The van der Waals surface area contributed by atoms with E-state index in [4.69, 9.17) is 5.73 Å². The highest BCUT2D eigenvalue weighted by Crippen LogP contribution is 2.27. The fraction of sp³-hybridized carbons (Fsp3) is 0.333. The van der Waals surface area contributed by atoms with Gasteiger partial charge in [-0.1, -0.05) is 23.5 Å². The van der Waals surface area contributed by atoms with Crippen molar-refractivity contribution in [3.05, 3.63) is 40.7 Å². The molecular weight excluding hydrogens is 378 g/mol. The van der Waals surface area contributed by atoms with Gasteiger partial charge in [0.25, 0.3) is 5.56 Å². The molecule has 1 fully saturated rings. The molecule has 1 amide bonds. The van der Waals surface area contributed by atoms with E-state index in [1.165, 1.54) is 21.9 Å². The molecule has 10 heteroatoms. The third-order valence-electron chi connectivity index (χ3n) is 4.46. The predicted molar refractivity (Wildman–Crippen MR) is 110 cm³/mol. The van der Waals surface area contributed by atoms with Gasteiger partial charge in [0, 0.05) is 43.5 Å². The molecule has 0 saturated carbocycles. The van der Waals surface area contributed by atoms with Gasteiger partial charge in [0.2, 0.25) is 10.9 Å². The number of aromatic nitrogens is 3. The average Bonchev–Trinajstić information content (AvgIpc) is 3.14. The SMILES string of the molecule is C[C@H](N)C(=O)Nc1cccc(-c2nn3c(=O)cc(N4CCNCC4)nc3s2)c1. The summed E-state index contributed by atoms with van der Waals surface area (Å²) in [6, 6.07) is 8.21. The van der Waals surface area contributed by atoms with Crippen LogP contribution in [0, 0.1) is 0 Å². The number of hydrogen-bond donors (Lipinski definition) is 3. The number of hydrogen-bond acceptors (Lipinski definition) is 8. The molecule has 0 aliphatic carbocycles. The summed E-state index contributed by atoms with van der Waals surface area (Å²) in [6.07, 6.45) is 0. The first-order valence-electron chi connectivity index (χ1n) is 9.05. The van der Waals surface area contributed by atoms with Crippen LogP contribution in [0.1, 0.15) is 6.92 Å². The lowest BCUT2D eigenvalue weighted by Gasteiger charge is -2.27. The second-order valence-corrected chi connectivity index (χ2v) is 7.61. The summed E-state index contributed by atoms with van der Waals surface area (Å²) in [4.78, 5) is 31.6. The molecule has 28 heavy (non-hydrogen) atoms. The summed E-state index contributed by atoms with van der Waals surface area (Å²) in [7, 11) is 0. The van der Waals surface area contributed by atoms with Crippen molar-refractivity contribution in [2.45, 2.75) is 13.0 Å². The number of nitrogens with one attached hydrogen (secondary N) is 2. The van der Waals surface area contributed by atoms with Crippen molar-refractivity contribution in [3.63, 3.8) is 0 Å². The first-order valence-corrected chi connectivity index (χ1v) is 9.86. The Balaban J connectivity index is 1.67. The largest absolute Gasteiger partial charge is 0.354 e. The molecule has 1 aliphatic rings. The predicted octanol–water partition coefficient (Wildman–Crippen LogP) is 0.513. The summed E-state index contributed by atoms with van der Waals surface area (Å²) in [5, 5.41) is 11.1. The molecule has 3 heterocycles. The molecule has 1 aromatic carbocycles. The first kappa shape index (κ1) is 18.5. The van der Waals surface area contributed by atoms with E-state index in [2.05, 4.69) is 25.6 Å². The molecule has 4 rings (SSSR count). The zero-order valence-electron chi connectivity index (χ0n) is 15.4. The number of benzene rings is 1. The van der Waals surface area contributed by atoms with Gasteiger partial charge in [0.1, 0.15) is 10.8 Å². The monoisotopic (exact) mass is 399 g/mol. The normalized spacial score (nSPS) is 15.6. The van der Waals surface area contributed by atoms with E-state index in [9.17, 15) is 9.59 Å². The molecule has 1 atom stereocenters. The third-order valence-corrected chi connectivity index (χ3v) is 5.42. The van der Waals surface area contributed by atoms with Crippen molar-refractivity contribution in [1.82, 2.24) is 19.9 Å². The van der Waals surface area contributed by atoms with Crippen molar-refractivity contribution in [3.8, 4) is 10.6 Å². The number of carbonyl (C=O) groups excluding carboxylic acids is 1. The van der Waals surface area contributed by atoms with Crippen LogP contribution in [0.2, 0.25) is 0 Å². The fourth-order valence-electron chi connectivity index (χ4n) is 2.96. The van der Waals surface area contributed by atoms with Crippen LogP contribution in [-0.4, -0.2) is 52.7 Å². The Hall–Kier alpha value is -2.82. The maximum atomic E-state index is 12.5. The molecule has 1 aliphatic heterocycles. The Labute approximate surface area is 165 Å². The summed E-state index contributed by atoms with van der Waals surface area (Å²) in [6.45, 7) is 5.00. The standard InChI is InChI=1S/C18H21N7O2S/c1-11(19)16(27)21-13-4-2-3-12(9-13)17-23-25-15(26)10-14(22-18(25)28-17)24-7-5-20-6-8-24/h2-4,9-11,20H,5-8,19H2,1H3,(H,21,27)/t11-/m0/s1. The minimum absolute atomic E-state index is 0.206. The minimum atomic E-state index is -0.600. The number of nitrogens with zero attached hydrogens (tertiary/aromatic N) is 4. The number of amides is 1. The Morgan fingerprint density at radius 1 is 1.32 bits per heavy atom. The van der Waals surface area contributed by atoms with E-state index < -0.39 is 6.04 Å². The molecular formula is C18H21N7O2S. The molecule has 0 unspecified atom stereocenters. The molecule has 2 aromatic heterocycles. The van der Waals surface area contributed by atoms with Crippen LogP contribution in [0.4, 0.5) is 11.5 Å². The fourth-order valence-corrected chi connectivity index (χ4v) is 3.85. The van der Waals surface area contributed by atoms with Crippen LogP contribution >= 0.6 is 11.3 Å². The Kier molecular flexibility index (Phi) is 5.07. The molecule has 146 valence electrons. The Morgan fingerprint density at radius 2 is 2.11 bits per heavy atom. The van der Waals surface area contributed by atoms with Gasteiger partial charge in [-0.2, -0.15) is 9.61 Å². The highest BCUT2D eigenvalue weighted by molar-refractivity contribution is 7.19. The number of nitrogens with two attached hydrogens (primary N) is 1. The van der Waals surface area contributed by atoms with Crippen molar-refractivity contribution >= 4 is 33.7 Å². The molecule has 3 aromatic rings. The summed E-state index contributed by atoms with van der Waals surface area (Å²) in [5.41, 5.74) is 6.81. The highest BCUT2D eigenvalue weighted by atomic mass is 32.1. The van der Waals surface area contributed by atoms with Crippen LogP contribution in [0.5, 0.6) is 0 Å². The molecule has 0 radical (unpaired) electrons. The van der Waals surface area contributed by atoms with Gasteiger partial charge in [-0.25, -0.2) is 4.98 Å². The van der Waals surface area contributed by atoms with E-state index in [1.54, 1.807) is 19.1 Å². The lowest BCUT2D eigenvalue weighted by molar-refractivity contribution is -0.117. The smallest absolute Gasteiger partial charge is 0.277 e. The van der Waals surface area contributed by atoms with Gasteiger partial charge < -0.3 is 21.3 Å². The van der Waals surface area contributed by atoms with E-state index in [0.717, 1.165) is 31.7 Å². The summed E-state index contributed by atoms with van der Waals surface area (Å²) >= 11 is 1.34. The summed E-state index contributed by atoms with van der Waals surface area (Å²) in [5.74, 6) is 0.416. The lowest BCUT2D eigenvalue weighted by Crippen LogP contribution is -2.44. The highest BCUT2D eigenvalue weighted by Gasteiger charge is 2.16. The van der Waals surface area contributed by atoms with E-state index in [1.807, 2.05) is 12.1 Å². The molecule has 4 N–H and O–H groups in total. The molecule has 0 spiro atoms. The molecule has 1 saturated heterocycles. The van der Waals surface area contributed by atoms with Crippen molar-refractivity contribution in [2.24, 2.45) is 5.73 Å². The second-order valence-electron chi connectivity index (χ2n) is 6.65. The number of rotatable bonds is 4. The van der Waals surface area contributed by atoms with Gasteiger partial charge in [-0.05, 0) is 19.1 Å². The quantitative estimate of drug-likeness (QED) is 0.585. The zero-order chi connectivity index (χ0) is 19.7. The first-order chi connectivity index (χ1) is 13.5. The Morgan fingerprint density at radius 3 is 2.86 bits per heavy atom. The minimum Gasteiger partial charge on any atom is -0.354 e. The van der Waals surface area contributed by atoms with Crippen molar-refractivity contribution in [1.29, 1.82) is 0 Å². The van der Waals surface area contributed by atoms with E-state index in [-0.39, 0.29) is 11.5 Å². The van der Waals surface area contributed by atoms with Gasteiger partial charge >= 0.3 is 0 Å². The number of carbonyl (C=O) groups is 1. The second kappa shape index (κ2) is 7.66. The molecule has 0 bridgehead atoms.